The van der Waals surface area contributed by atoms with Gasteiger partial charge in [0, 0.05) is 16.8 Å². The smallest absolute Gasteiger partial charge is 0.256 e. The number of nitrogens with one attached hydrogen (secondary N) is 2. The van der Waals surface area contributed by atoms with E-state index in [4.69, 9.17) is 4.74 Å². The Morgan fingerprint density at radius 3 is 2.59 bits per heavy atom. The van der Waals surface area contributed by atoms with Crippen LogP contribution in [-0.2, 0) is 18.0 Å². The minimum Gasteiger partial charge on any atom is -0.372 e. The molecule has 0 spiro atoms. The van der Waals surface area contributed by atoms with Crippen LogP contribution in [0.2, 0.25) is 0 Å². The van der Waals surface area contributed by atoms with Gasteiger partial charge in [-0.3, -0.25) is 4.79 Å². The van der Waals surface area contributed by atoms with Crippen molar-refractivity contribution in [2.24, 2.45) is 0 Å². The molecule has 7 heteroatoms. The highest BCUT2D eigenvalue weighted by Gasteiger charge is 2.12. The van der Waals surface area contributed by atoms with Gasteiger partial charge in [-0.25, -0.2) is 0 Å². The van der Waals surface area contributed by atoms with E-state index >= 15 is 0 Å². The number of carbonyl (C=O) groups excluding carboxylic acids is 1. The third-order valence-electron chi connectivity index (χ3n) is 4.36. The van der Waals surface area contributed by atoms with E-state index in [1.165, 1.54) is 0 Å². The van der Waals surface area contributed by atoms with Gasteiger partial charge in [-0.05, 0) is 34.5 Å². The molecule has 0 aliphatic heterocycles. The van der Waals surface area contributed by atoms with Gasteiger partial charge < -0.3 is 10.1 Å². The van der Waals surface area contributed by atoms with E-state index in [0.717, 1.165) is 16.7 Å². The molecule has 7 nitrogen and oxygen atoms in total. The lowest BCUT2D eigenvalue weighted by atomic mass is 10.1. The van der Waals surface area contributed by atoms with E-state index in [0.29, 0.717) is 30.3 Å². The largest absolute Gasteiger partial charge is 0.372 e. The van der Waals surface area contributed by atoms with Crippen molar-refractivity contribution in [1.82, 2.24) is 20.6 Å². The monoisotopic (exact) mass is 385 g/mol. The first-order chi connectivity index (χ1) is 14.3. The molecule has 0 unspecified atom stereocenters. The van der Waals surface area contributed by atoms with Crippen LogP contribution in [0.1, 0.15) is 21.5 Å². The number of aromatic amines is 1. The molecule has 1 amide bonds. The summed E-state index contributed by atoms with van der Waals surface area (Å²) < 4.78 is 5.81. The number of benzene rings is 3. The summed E-state index contributed by atoms with van der Waals surface area (Å²) in [6.45, 7) is 0.838. The first-order valence-electron chi connectivity index (χ1n) is 9.14. The van der Waals surface area contributed by atoms with Crippen molar-refractivity contribution in [2.75, 3.05) is 5.32 Å². The molecule has 3 aromatic carbocycles. The normalized spacial score (nSPS) is 10.6. The Labute approximate surface area is 167 Å². The molecule has 0 bridgehead atoms. The maximum absolute atomic E-state index is 12.8. The van der Waals surface area contributed by atoms with Gasteiger partial charge in [0.2, 0.25) is 5.82 Å². The Hall–Kier alpha value is -3.84. The van der Waals surface area contributed by atoms with Gasteiger partial charge in [-0.15, -0.1) is 10.2 Å². The molecule has 0 radical (unpaired) electrons. The molecule has 0 saturated carbocycles. The standard InChI is InChI=1S/C22H19N5O2/c28-22(23-19-11-6-10-17(13-19)21-24-26-27-25-21)20-12-5-4-9-18(20)15-29-14-16-7-2-1-3-8-16/h1-13H,14-15H2,(H,23,28)(H,24,25,26,27). The molecule has 0 atom stereocenters. The van der Waals surface area contributed by atoms with Crippen LogP contribution < -0.4 is 5.32 Å². The van der Waals surface area contributed by atoms with Crippen molar-refractivity contribution < 1.29 is 9.53 Å². The molecule has 2 N–H and O–H groups in total. The Morgan fingerprint density at radius 1 is 0.931 bits per heavy atom. The Balaban J connectivity index is 1.44. The predicted octanol–water partition coefficient (Wildman–Crippen LogP) is 3.84. The molecule has 0 aliphatic carbocycles. The SMILES string of the molecule is O=C(Nc1cccc(-c2nn[nH]n2)c1)c1ccccc1COCc1ccccc1. The Kier molecular flexibility index (Phi) is 5.68. The molecule has 0 fully saturated rings. The molecule has 29 heavy (non-hydrogen) atoms. The fourth-order valence-electron chi connectivity index (χ4n) is 2.94. The highest BCUT2D eigenvalue weighted by atomic mass is 16.5. The number of aromatic nitrogens is 4. The number of carbonyl (C=O) groups is 1. The molecular weight excluding hydrogens is 366 g/mol. The average molecular weight is 385 g/mol. The Morgan fingerprint density at radius 2 is 1.76 bits per heavy atom. The summed E-state index contributed by atoms with van der Waals surface area (Å²) in [6.07, 6.45) is 0. The lowest BCUT2D eigenvalue weighted by Gasteiger charge is -2.11. The minimum absolute atomic E-state index is 0.200. The van der Waals surface area contributed by atoms with Crippen LogP contribution in [0.3, 0.4) is 0 Å². The van der Waals surface area contributed by atoms with E-state index in [2.05, 4.69) is 25.9 Å². The number of nitrogens with zero attached hydrogens (tertiary/aromatic N) is 3. The van der Waals surface area contributed by atoms with Crippen LogP contribution in [-0.4, -0.2) is 26.5 Å². The zero-order valence-electron chi connectivity index (χ0n) is 15.6. The summed E-state index contributed by atoms with van der Waals surface area (Å²) in [6, 6.07) is 24.7. The summed E-state index contributed by atoms with van der Waals surface area (Å²) in [5.74, 6) is 0.269. The number of H-pyrrole nitrogens is 1. The molecule has 1 heterocycles. The van der Waals surface area contributed by atoms with Crippen LogP contribution >= 0.6 is 0 Å². The van der Waals surface area contributed by atoms with E-state index in [1.54, 1.807) is 12.1 Å². The maximum Gasteiger partial charge on any atom is 0.256 e. The second kappa shape index (κ2) is 8.90. The third kappa shape index (κ3) is 4.72. The summed E-state index contributed by atoms with van der Waals surface area (Å²) in [4.78, 5) is 12.8. The summed E-state index contributed by atoms with van der Waals surface area (Å²) in [5.41, 5.74) is 3.90. The average Bonchev–Trinajstić information content (AvgIpc) is 3.30. The molecular formula is C22H19N5O2. The van der Waals surface area contributed by atoms with Crippen LogP contribution in [0.4, 0.5) is 5.69 Å². The zero-order chi connectivity index (χ0) is 19.9. The second-order valence-corrected chi connectivity index (χ2v) is 6.41. The van der Waals surface area contributed by atoms with Gasteiger partial charge >= 0.3 is 0 Å². The lowest BCUT2D eigenvalue weighted by molar-refractivity contribution is 0.0983. The van der Waals surface area contributed by atoms with E-state index < -0.39 is 0 Å². The molecule has 144 valence electrons. The van der Waals surface area contributed by atoms with Crippen LogP contribution in [0.25, 0.3) is 11.4 Å². The molecule has 4 rings (SSSR count). The number of hydrogen-bond donors (Lipinski definition) is 2. The fraction of sp³-hybridized carbons (Fsp3) is 0.0909. The number of amides is 1. The van der Waals surface area contributed by atoms with Crippen LogP contribution in [0.5, 0.6) is 0 Å². The zero-order valence-corrected chi connectivity index (χ0v) is 15.6. The van der Waals surface area contributed by atoms with E-state index in [9.17, 15) is 4.79 Å². The summed E-state index contributed by atoms with van der Waals surface area (Å²) >= 11 is 0. The van der Waals surface area contributed by atoms with Crippen molar-refractivity contribution in [3.8, 4) is 11.4 Å². The summed E-state index contributed by atoms with van der Waals surface area (Å²) in [7, 11) is 0. The molecule has 1 aromatic heterocycles. The first-order valence-corrected chi connectivity index (χ1v) is 9.14. The van der Waals surface area contributed by atoms with Gasteiger partial charge in [0.05, 0.1) is 13.2 Å². The number of hydrogen-bond acceptors (Lipinski definition) is 5. The van der Waals surface area contributed by atoms with E-state index in [-0.39, 0.29) is 5.91 Å². The predicted molar refractivity (Wildman–Crippen MR) is 109 cm³/mol. The van der Waals surface area contributed by atoms with Gasteiger partial charge in [0.15, 0.2) is 0 Å². The van der Waals surface area contributed by atoms with Gasteiger partial charge in [0.25, 0.3) is 5.91 Å². The number of rotatable bonds is 7. The quantitative estimate of drug-likeness (QED) is 0.504. The maximum atomic E-state index is 12.8. The molecule has 0 saturated heterocycles. The van der Waals surface area contributed by atoms with Crippen LogP contribution in [0, 0.1) is 0 Å². The first kappa shape index (κ1) is 18.5. The van der Waals surface area contributed by atoms with Crippen molar-refractivity contribution in [3.63, 3.8) is 0 Å². The van der Waals surface area contributed by atoms with Crippen molar-refractivity contribution in [1.29, 1.82) is 0 Å². The number of ether oxygens (including phenoxy) is 1. The van der Waals surface area contributed by atoms with Crippen LogP contribution in [0.15, 0.2) is 78.9 Å². The molecule has 4 aromatic rings. The van der Waals surface area contributed by atoms with Gasteiger partial charge in [-0.1, -0.05) is 60.7 Å². The summed E-state index contributed by atoms with van der Waals surface area (Å²) in [5, 5.41) is 16.8. The van der Waals surface area contributed by atoms with E-state index in [1.807, 2.05) is 66.7 Å². The Bertz CT molecular complexity index is 1080. The van der Waals surface area contributed by atoms with Gasteiger partial charge in [-0.2, -0.15) is 5.21 Å². The topological polar surface area (TPSA) is 92.8 Å². The molecule has 0 aliphatic rings. The third-order valence-corrected chi connectivity index (χ3v) is 4.36. The second-order valence-electron chi connectivity index (χ2n) is 6.41. The highest BCUT2D eigenvalue weighted by molar-refractivity contribution is 6.05. The van der Waals surface area contributed by atoms with Gasteiger partial charge in [0.1, 0.15) is 0 Å². The number of anilines is 1. The lowest BCUT2D eigenvalue weighted by Crippen LogP contribution is -2.14. The fourth-order valence-corrected chi connectivity index (χ4v) is 2.94. The highest BCUT2D eigenvalue weighted by Crippen LogP contribution is 2.20. The minimum atomic E-state index is -0.200. The van der Waals surface area contributed by atoms with Crippen molar-refractivity contribution in [3.05, 3.63) is 95.6 Å². The van der Waals surface area contributed by atoms with Crippen molar-refractivity contribution >= 4 is 11.6 Å². The number of tetrazole rings is 1. The van der Waals surface area contributed by atoms with Crippen molar-refractivity contribution in [2.45, 2.75) is 13.2 Å².